The van der Waals surface area contributed by atoms with Gasteiger partial charge in [0.05, 0.1) is 17.7 Å². The summed E-state index contributed by atoms with van der Waals surface area (Å²) in [5.41, 5.74) is 3.93. The number of carbonyl (C=O) groups is 1. The molecule has 154 valence electrons. The second-order valence-corrected chi connectivity index (χ2v) is 8.78. The quantitative estimate of drug-likeness (QED) is 0.543. The number of amides is 1. The molecular formula is C20H24N4O4S. The van der Waals surface area contributed by atoms with Crippen molar-refractivity contribution in [3.8, 4) is 5.75 Å². The Morgan fingerprint density at radius 1 is 1.10 bits per heavy atom. The third-order valence-corrected chi connectivity index (χ3v) is 6.60. The summed E-state index contributed by atoms with van der Waals surface area (Å²) in [6.45, 7) is 3.60. The van der Waals surface area contributed by atoms with Crippen LogP contribution in [0.15, 0.2) is 58.5 Å². The van der Waals surface area contributed by atoms with Gasteiger partial charge in [-0.3, -0.25) is 9.69 Å². The normalized spacial score (nSPS) is 16.2. The monoisotopic (exact) mass is 416 g/mol. The summed E-state index contributed by atoms with van der Waals surface area (Å²) >= 11 is 0. The van der Waals surface area contributed by atoms with Gasteiger partial charge in [-0.25, -0.2) is 13.8 Å². The Labute approximate surface area is 170 Å². The van der Waals surface area contributed by atoms with Crippen LogP contribution in [0.1, 0.15) is 11.1 Å². The molecular weight excluding hydrogens is 392 g/mol. The van der Waals surface area contributed by atoms with Crippen LogP contribution < -0.4 is 5.43 Å². The molecule has 1 fully saturated rings. The van der Waals surface area contributed by atoms with E-state index in [4.69, 9.17) is 0 Å². The highest BCUT2D eigenvalue weighted by atomic mass is 32.2. The van der Waals surface area contributed by atoms with E-state index in [-0.39, 0.29) is 23.1 Å². The van der Waals surface area contributed by atoms with Gasteiger partial charge in [0.25, 0.3) is 5.91 Å². The predicted molar refractivity (Wildman–Crippen MR) is 110 cm³/mol. The number of aromatic hydroxyl groups is 1. The summed E-state index contributed by atoms with van der Waals surface area (Å²) in [7, 11) is -3.52. The summed E-state index contributed by atoms with van der Waals surface area (Å²) in [4.78, 5) is 14.2. The zero-order valence-corrected chi connectivity index (χ0v) is 17.0. The van der Waals surface area contributed by atoms with E-state index < -0.39 is 10.0 Å². The van der Waals surface area contributed by atoms with E-state index in [1.807, 2.05) is 11.8 Å². The van der Waals surface area contributed by atoms with Crippen molar-refractivity contribution in [3.05, 3.63) is 59.7 Å². The maximum atomic E-state index is 12.7. The number of hydrogen-bond acceptors (Lipinski definition) is 6. The number of sulfonamides is 1. The van der Waals surface area contributed by atoms with Gasteiger partial charge in [-0.05, 0) is 31.2 Å². The number of hydrazone groups is 1. The van der Waals surface area contributed by atoms with Crippen molar-refractivity contribution in [1.29, 1.82) is 0 Å². The number of hydrogen-bond donors (Lipinski definition) is 2. The minimum Gasteiger partial charge on any atom is -0.507 e. The zero-order valence-electron chi connectivity index (χ0n) is 16.2. The molecule has 1 heterocycles. The summed E-state index contributed by atoms with van der Waals surface area (Å²) in [5, 5.41) is 13.5. The van der Waals surface area contributed by atoms with Crippen LogP contribution in [0, 0.1) is 6.92 Å². The van der Waals surface area contributed by atoms with Crippen LogP contribution in [0.4, 0.5) is 0 Å². The molecule has 2 N–H and O–H groups in total. The number of nitrogens with one attached hydrogen (secondary N) is 1. The number of para-hydroxylation sites is 1. The lowest BCUT2D eigenvalue weighted by Gasteiger charge is -2.33. The molecule has 0 aromatic heterocycles. The zero-order chi connectivity index (χ0) is 20.9. The number of nitrogens with zero attached hydrogens (tertiary/aromatic N) is 3. The Balaban J connectivity index is 1.48. The van der Waals surface area contributed by atoms with Gasteiger partial charge in [0, 0.05) is 31.7 Å². The van der Waals surface area contributed by atoms with Crippen LogP contribution in [0.25, 0.3) is 0 Å². The van der Waals surface area contributed by atoms with E-state index in [1.54, 1.807) is 42.5 Å². The smallest absolute Gasteiger partial charge is 0.254 e. The first-order chi connectivity index (χ1) is 13.9. The van der Waals surface area contributed by atoms with Crippen molar-refractivity contribution in [3.63, 3.8) is 0 Å². The first-order valence-electron chi connectivity index (χ1n) is 9.25. The topological polar surface area (TPSA) is 102 Å². The Morgan fingerprint density at radius 3 is 2.41 bits per heavy atom. The predicted octanol–water partition coefficient (Wildman–Crippen LogP) is 1.16. The molecule has 29 heavy (non-hydrogen) atoms. The van der Waals surface area contributed by atoms with Gasteiger partial charge >= 0.3 is 0 Å². The summed E-state index contributed by atoms with van der Waals surface area (Å²) in [6, 6.07) is 13.5. The van der Waals surface area contributed by atoms with Gasteiger partial charge in [0.1, 0.15) is 5.75 Å². The van der Waals surface area contributed by atoms with E-state index in [9.17, 15) is 18.3 Å². The Bertz CT molecular complexity index is 982. The number of rotatable bonds is 6. The molecule has 8 nitrogen and oxygen atoms in total. The Hall–Kier alpha value is -2.75. The van der Waals surface area contributed by atoms with E-state index in [1.165, 1.54) is 16.6 Å². The lowest BCUT2D eigenvalue weighted by atomic mass is 10.2. The third kappa shape index (κ3) is 5.41. The van der Waals surface area contributed by atoms with E-state index in [0.717, 1.165) is 5.56 Å². The lowest BCUT2D eigenvalue weighted by Crippen LogP contribution is -2.50. The molecule has 0 radical (unpaired) electrons. The van der Waals surface area contributed by atoms with Gasteiger partial charge in [0.15, 0.2) is 0 Å². The molecule has 1 aliphatic rings. The fourth-order valence-corrected chi connectivity index (χ4v) is 4.42. The van der Waals surface area contributed by atoms with Gasteiger partial charge in [-0.15, -0.1) is 0 Å². The van der Waals surface area contributed by atoms with Gasteiger partial charge in [-0.1, -0.05) is 29.8 Å². The SMILES string of the molecule is Cc1ccc(S(=O)(=O)N2CCN(CC(=O)N/N=C\c3ccccc3O)CC2)cc1. The van der Waals surface area contributed by atoms with Crippen molar-refractivity contribution in [2.45, 2.75) is 11.8 Å². The highest BCUT2D eigenvalue weighted by Crippen LogP contribution is 2.18. The molecule has 0 saturated carbocycles. The van der Waals surface area contributed by atoms with Crippen LogP contribution >= 0.6 is 0 Å². The minimum absolute atomic E-state index is 0.0800. The number of phenolic OH excluding ortho intramolecular Hbond substituents is 1. The molecule has 0 bridgehead atoms. The standard InChI is InChI=1S/C20H24N4O4S/c1-16-6-8-18(9-7-16)29(27,28)24-12-10-23(11-13-24)15-20(26)22-21-14-17-4-2-3-5-19(17)25/h2-9,14,25H,10-13,15H2,1H3,(H,22,26)/b21-14-. The highest BCUT2D eigenvalue weighted by Gasteiger charge is 2.28. The summed E-state index contributed by atoms with van der Waals surface area (Å²) in [5.74, 6) is -0.220. The molecule has 2 aromatic rings. The van der Waals surface area contributed by atoms with Crippen LogP contribution in [-0.4, -0.2) is 67.6 Å². The molecule has 1 saturated heterocycles. The number of phenols is 1. The second kappa shape index (κ2) is 9.17. The first-order valence-corrected chi connectivity index (χ1v) is 10.7. The largest absolute Gasteiger partial charge is 0.507 e. The second-order valence-electron chi connectivity index (χ2n) is 6.85. The molecule has 0 unspecified atom stereocenters. The molecule has 0 aliphatic carbocycles. The lowest BCUT2D eigenvalue weighted by molar-refractivity contribution is -0.122. The number of aryl methyl sites for hydroxylation is 1. The van der Waals surface area contributed by atoms with Crippen molar-refractivity contribution >= 4 is 22.1 Å². The molecule has 0 spiro atoms. The van der Waals surface area contributed by atoms with Gasteiger partial charge in [0.2, 0.25) is 10.0 Å². The summed E-state index contributed by atoms with van der Waals surface area (Å²) < 4.78 is 26.9. The summed E-state index contributed by atoms with van der Waals surface area (Å²) in [6.07, 6.45) is 1.37. The Morgan fingerprint density at radius 2 is 1.76 bits per heavy atom. The highest BCUT2D eigenvalue weighted by molar-refractivity contribution is 7.89. The van der Waals surface area contributed by atoms with Crippen molar-refractivity contribution in [2.75, 3.05) is 32.7 Å². The fourth-order valence-electron chi connectivity index (χ4n) is 3.00. The van der Waals surface area contributed by atoms with E-state index in [2.05, 4.69) is 10.5 Å². The average molecular weight is 417 g/mol. The van der Waals surface area contributed by atoms with Crippen LogP contribution in [0.5, 0.6) is 5.75 Å². The maximum absolute atomic E-state index is 12.7. The van der Waals surface area contributed by atoms with Gasteiger partial charge < -0.3 is 5.11 Å². The fraction of sp³-hybridized carbons (Fsp3) is 0.300. The molecule has 0 atom stereocenters. The molecule has 1 amide bonds. The maximum Gasteiger partial charge on any atom is 0.254 e. The van der Waals surface area contributed by atoms with Crippen molar-refractivity contribution in [2.24, 2.45) is 5.10 Å². The molecule has 2 aromatic carbocycles. The molecule has 9 heteroatoms. The Kier molecular flexibility index (Phi) is 6.63. The van der Waals surface area contributed by atoms with Crippen LogP contribution in [0.2, 0.25) is 0 Å². The number of carbonyl (C=O) groups excluding carboxylic acids is 1. The number of piperazine rings is 1. The van der Waals surface area contributed by atoms with Crippen molar-refractivity contribution in [1.82, 2.24) is 14.6 Å². The van der Waals surface area contributed by atoms with Crippen LogP contribution in [-0.2, 0) is 14.8 Å². The third-order valence-electron chi connectivity index (χ3n) is 4.69. The first kappa shape index (κ1) is 21.0. The molecule has 3 rings (SSSR count). The van der Waals surface area contributed by atoms with E-state index >= 15 is 0 Å². The van der Waals surface area contributed by atoms with E-state index in [0.29, 0.717) is 31.7 Å². The average Bonchev–Trinajstić information content (AvgIpc) is 2.70. The van der Waals surface area contributed by atoms with Gasteiger partial charge in [-0.2, -0.15) is 9.41 Å². The number of benzene rings is 2. The van der Waals surface area contributed by atoms with Crippen molar-refractivity contribution < 1.29 is 18.3 Å². The minimum atomic E-state index is -3.52. The molecule has 1 aliphatic heterocycles. The van der Waals surface area contributed by atoms with Crippen LogP contribution in [0.3, 0.4) is 0 Å².